The summed E-state index contributed by atoms with van der Waals surface area (Å²) < 4.78 is 96.0. The molecule has 1 aliphatic heterocycles. The van der Waals surface area contributed by atoms with Gasteiger partial charge in [-0.3, -0.25) is 9.59 Å². The highest BCUT2D eigenvalue weighted by Crippen LogP contribution is 2.48. The molecule has 2 aromatic rings. The molecule has 42 heavy (non-hydrogen) atoms. The molecule has 2 aliphatic rings. The number of nitrogens with zero attached hydrogens (tertiary/aromatic N) is 1. The number of halogens is 6. The number of rotatable bonds is 8. The number of aliphatic carboxylic acids is 1. The lowest BCUT2D eigenvalue weighted by Gasteiger charge is -2.26. The van der Waals surface area contributed by atoms with Gasteiger partial charge in [-0.2, -0.15) is 26.3 Å². The molecular formula is C29H29F6NO5S. The molecule has 228 valence electrons. The molecule has 0 bridgehead atoms. The molecule has 1 amide bonds. The SMILES string of the molecule is O=C(C=Cc1ccc(Sc2cccc(OC[C@H]3CC[C@@H](C(=O)O)CC3)c2)c(C(F)(F)F)c1C(F)(F)F)N1CCOCC1. The van der Waals surface area contributed by atoms with Crippen molar-refractivity contribution in [3.05, 3.63) is 59.2 Å². The summed E-state index contributed by atoms with van der Waals surface area (Å²) in [6.07, 6.45) is -6.68. The minimum Gasteiger partial charge on any atom is -0.493 e. The summed E-state index contributed by atoms with van der Waals surface area (Å²) in [5.74, 6) is -1.36. The number of benzene rings is 2. The minimum atomic E-state index is -5.35. The van der Waals surface area contributed by atoms with Crippen molar-refractivity contribution in [3.8, 4) is 5.75 Å². The molecule has 2 fully saturated rings. The fraction of sp³-hybridized carbons (Fsp3) is 0.448. The van der Waals surface area contributed by atoms with E-state index in [0.29, 0.717) is 43.2 Å². The largest absolute Gasteiger partial charge is 0.493 e. The summed E-state index contributed by atoms with van der Waals surface area (Å²) in [6.45, 7) is 1.27. The van der Waals surface area contributed by atoms with Gasteiger partial charge in [-0.1, -0.05) is 23.9 Å². The first-order valence-electron chi connectivity index (χ1n) is 13.3. The molecule has 4 rings (SSSR count). The maximum atomic E-state index is 14.2. The Morgan fingerprint density at radius 1 is 0.976 bits per heavy atom. The minimum absolute atomic E-state index is 0.124. The molecule has 2 aromatic carbocycles. The topological polar surface area (TPSA) is 76.1 Å². The van der Waals surface area contributed by atoms with Gasteiger partial charge in [0.1, 0.15) is 5.75 Å². The van der Waals surface area contributed by atoms with Crippen LogP contribution in [0.1, 0.15) is 42.4 Å². The van der Waals surface area contributed by atoms with Crippen LogP contribution in [0, 0.1) is 11.8 Å². The van der Waals surface area contributed by atoms with Crippen LogP contribution in [-0.4, -0.2) is 54.8 Å². The third kappa shape index (κ3) is 8.21. The average molecular weight is 618 g/mol. The second kappa shape index (κ2) is 13.4. The van der Waals surface area contributed by atoms with Crippen molar-refractivity contribution in [2.45, 2.75) is 47.8 Å². The number of carboxylic acid groups (broad SMARTS) is 1. The van der Waals surface area contributed by atoms with Crippen LogP contribution in [0.3, 0.4) is 0 Å². The van der Waals surface area contributed by atoms with E-state index in [4.69, 9.17) is 14.6 Å². The summed E-state index contributed by atoms with van der Waals surface area (Å²) in [6, 6.07) is 7.95. The van der Waals surface area contributed by atoms with E-state index < -0.39 is 45.8 Å². The van der Waals surface area contributed by atoms with Gasteiger partial charge in [-0.25, -0.2) is 0 Å². The predicted molar refractivity (Wildman–Crippen MR) is 142 cm³/mol. The van der Waals surface area contributed by atoms with E-state index in [9.17, 15) is 35.9 Å². The lowest BCUT2D eigenvalue weighted by molar-refractivity contribution is -0.163. The van der Waals surface area contributed by atoms with Crippen LogP contribution in [0.2, 0.25) is 0 Å². The Hall–Kier alpha value is -3.19. The molecule has 0 atom stereocenters. The number of carbonyl (C=O) groups is 2. The van der Waals surface area contributed by atoms with Gasteiger partial charge in [-0.05, 0) is 67.5 Å². The standard InChI is InChI=1S/C29H29F6NO5S/c30-28(31,32)25-19(9-11-24(37)36-12-14-40-15-13-36)8-10-23(26(25)29(33,34)35)42-22-3-1-2-21(16-22)41-17-18-4-6-20(7-5-18)27(38)39/h1-3,8-11,16,18,20H,4-7,12-15,17H2,(H,38,39)/t18-,20+. The molecule has 1 heterocycles. The molecule has 0 unspecified atom stereocenters. The third-order valence-corrected chi connectivity index (χ3v) is 8.26. The van der Waals surface area contributed by atoms with Crippen LogP contribution < -0.4 is 4.74 Å². The molecule has 0 aromatic heterocycles. The third-order valence-electron chi connectivity index (χ3n) is 7.21. The quantitative estimate of drug-likeness (QED) is 0.254. The van der Waals surface area contributed by atoms with Gasteiger partial charge in [0.05, 0.1) is 36.9 Å². The Kier molecular flexibility index (Phi) is 10.1. The van der Waals surface area contributed by atoms with E-state index >= 15 is 0 Å². The van der Waals surface area contributed by atoms with E-state index in [0.717, 1.165) is 24.3 Å². The summed E-state index contributed by atoms with van der Waals surface area (Å²) in [5.41, 5.74) is -4.46. The molecule has 6 nitrogen and oxygen atoms in total. The predicted octanol–water partition coefficient (Wildman–Crippen LogP) is 7.02. The van der Waals surface area contributed by atoms with Crippen LogP contribution in [-0.2, 0) is 26.7 Å². The van der Waals surface area contributed by atoms with Crippen molar-refractivity contribution >= 4 is 29.7 Å². The lowest BCUT2D eigenvalue weighted by Crippen LogP contribution is -2.39. The van der Waals surface area contributed by atoms with Crippen LogP contribution in [0.15, 0.2) is 52.3 Å². The first-order valence-corrected chi connectivity index (χ1v) is 14.1. The summed E-state index contributed by atoms with van der Waals surface area (Å²) in [7, 11) is 0. The van der Waals surface area contributed by atoms with Crippen molar-refractivity contribution in [1.29, 1.82) is 0 Å². The van der Waals surface area contributed by atoms with E-state index in [1.54, 1.807) is 6.07 Å². The zero-order chi connectivity index (χ0) is 30.5. The number of morpholine rings is 1. The maximum Gasteiger partial charge on any atom is 0.418 e. The van der Waals surface area contributed by atoms with Gasteiger partial charge >= 0.3 is 18.3 Å². The number of hydrogen-bond acceptors (Lipinski definition) is 5. The van der Waals surface area contributed by atoms with Crippen LogP contribution in [0.5, 0.6) is 5.75 Å². The van der Waals surface area contributed by atoms with Gasteiger partial charge in [0, 0.05) is 29.0 Å². The van der Waals surface area contributed by atoms with E-state index in [2.05, 4.69) is 0 Å². The van der Waals surface area contributed by atoms with E-state index in [-0.39, 0.29) is 49.6 Å². The highest BCUT2D eigenvalue weighted by atomic mass is 32.2. The molecule has 1 saturated heterocycles. The molecule has 0 radical (unpaired) electrons. The van der Waals surface area contributed by atoms with Crippen LogP contribution in [0.4, 0.5) is 26.3 Å². The van der Waals surface area contributed by atoms with Crippen molar-refractivity contribution in [2.75, 3.05) is 32.9 Å². The monoisotopic (exact) mass is 617 g/mol. The number of ether oxygens (including phenoxy) is 2. The second-order valence-corrected chi connectivity index (χ2v) is 11.2. The first-order chi connectivity index (χ1) is 19.8. The average Bonchev–Trinajstić information content (AvgIpc) is 2.94. The van der Waals surface area contributed by atoms with Crippen molar-refractivity contribution < 1.29 is 50.5 Å². The van der Waals surface area contributed by atoms with Gasteiger partial charge < -0.3 is 19.5 Å². The molecule has 0 spiro atoms. The Morgan fingerprint density at radius 2 is 1.64 bits per heavy atom. The first kappa shape index (κ1) is 31.7. The smallest absolute Gasteiger partial charge is 0.418 e. The summed E-state index contributed by atoms with van der Waals surface area (Å²) in [4.78, 5) is 24.5. The second-order valence-electron chi connectivity index (χ2n) is 10.1. The molecule has 13 heteroatoms. The van der Waals surface area contributed by atoms with E-state index in [1.165, 1.54) is 23.1 Å². The Morgan fingerprint density at radius 3 is 2.26 bits per heavy atom. The molecule has 1 aliphatic carbocycles. The summed E-state index contributed by atoms with van der Waals surface area (Å²) >= 11 is 0.528. The highest BCUT2D eigenvalue weighted by Gasteiger charge is 2.46. The number of alkyl halides is 6. The lowest BCUT2D eigenvalue weighted by atomic mass is 9.82. The molecular weight excluding hydrogens is 588 g/mol. The normalized spacial score (nSPS) is 20.1. The van der Waals surface area contributed by atoms with Crippen molar-refractivity contribution in [2.24, 2.45) is 11.8 Å². The van der Waals surface area contributed by atoms with Gasteiger partial charge in [0.2, 0.25) is 5.91 Å². The van der Waals surface area contributed by atoms with E-state index in [1.807, 2.05) is 0 Å². The highest BCUT2D eigenvalue weighted by molar-refractivity contribution is 7.99. The Labute approximate surface area is 242 Å². The maximum absolute atomic E-state index is 14.2. The van der Waals surface area contributed by atoms with Gasteiger partial charge in [-0.15, -0.1) is 0 Å². The van der Waals surface area contributed by atoms with Crippen molar-refractivity contribution in [1.82, 2.24) is 4.90 Å². The molecule has 1 saturated carbocycles. The van der Waals surface area contributed by atoms with Crippen molar-refractivity contribution in [3.63, 3.8) is 0 Å². The Balaban J connectivity index is 1.55. The van der Waals surface area contributed by atoms with Gasteiger partial charge in [0.15, 0.2) is 0 Å². The zero-order valence-electron chi connectivity index (χ0n) is 22.3. The zero-order valence-corrected chi connectivity index (χ0v) is 23.2. The Bertz CT molecular complexity index is 1300. The van der Waals surface area contributed by atoms with Crippen LogP contribution >= 0.6 is 11.8 Å². The fourth-order valence-electron chi connectivity index (χ4n) is 5.01. The molecule has 1 N–H and O–H groups in total. The van der Waals surface area contributed by atoms with Gasteiger partial charge in [0.25, 0.3) is 0 Å². The fourth-order valence-corrected chi connectivity index (χ4v) is 6.04. The number of hydrogen-bond donors (Lipinski definition) is 1. The number of amides is 1. The summed E-state index contributed by atoms with van der Waals surface area (Å²) in [5, 5.41) is 9.14. The van der Waals surface area contributed by atoms with Crippen LogP contribution in [0.25, 0.3) is 6.08 Å². The number of carboxylic acids is 1. The number of carbonyl (C=O) groups excluding carboxylic acids is 1.